The molecule has 3 unspecified atom stereocenters. The van der Waals surface area contributed by atoms with E-state index in [4.69, 9.17) is 0 Å². The van der Waals surface area contributed by atoms with Crippen LogP contribution >= 0.6 is 0 Å². The Labute approximate surface area is 128 Å². The van der Waals surface area contributed by atoms with Crippen molar-refractivity contribution < 1.29 is 5.11 Å². The van der Waals surface area contributed by atoms with Crippen LogP contribution in [0, 0.1) is 29.6 Å². The van der Waals surface area contributed by atoms with Gasteiger partial charge in [0.05, 0.1) is 5.60 Å². The summed E-state index contributed by atoms with van der Waals surface area (Å²) in [6, 6.07) is 10.5. The van der Waals surface area contributed by atoms with Crippen LogP contribution in [0.4, 0.5) is 5.69 Å². The minimum atomic E-state index is -0.292. The molecule has 2 heteroatoms. The lowest BCUT2D eigenvalue weighted by molar-refractivity contribution is -0.160. The average Bonchev–Trinajstić information content (AvgIpc) is 2.44. The predicted octanol–water partition coefficient (Wildman–Crippen LogP) is 3.92. The van der Waals surface area contributed by atoms with Gasteiger partial charge in [-0.1, -0.05) is 25.1 Å². The van der Waals surface area contributed by atoms with Crippen LogP contribution in [-0.4, -0.2) is 17.3 Å². The zero-order valence-electron chi connectivity index (χ0n) is 13.0. The zero-order valence-corrected chi connectivity index (χ0v) is 13.0. The molecule has 114 valence electrons. The van der Waals surface area contributed by atoms with Crippen molar-refractivity contribution in [1.82, 2.24) is 0 Å². The third-order valence-corrected chi connectivity index (χ3v) is 6.37. The van der Waals surface area contributed by atoms with Gasteiger partial charge in [-0.3, -0.25) is 0 Å². The van der Waals surface area contributed by atoms with Gasteiger partial charge < -0.3 is 10.4 Å². The number of hydrogen-bond donors (Lipinski definition) is 2. The van der Waals surface area contributed by atoms with Gasteiger partial charge in [0, 0.05) is 12.2 Å². The average molecular weight is 285 g/mol. The molecular formula is C19H27NO. The van der Waals surface area contributed by atoms with E-state index in [9.17, 15) is 5.11 Å². The molecule has 5 rings (SSSR count). The number of benzene rings is 1. The zero-order chi connectivity index (χ0) is 14.4. The van der Waals surface area contributed by atoms with Crippen LogP contribution in [0.15, 0.2) is 30.3 Å². The maximum Gasteiger partial charge on any atom is 0.0656 e. The Balaban J connectivity index is 1.42. The van der Waals surface area contributed by atoms with E-state index in [1.807, 2.05) is 0 Å². The molecule has 4 saturated carbocycles. The number of hydrogen-bond acceptors (Lipinski definition) is 2. The van der Waals surface area contributed by atoms with Gasteiger partial charge in [0.1, 0.15) is 0 Å². The molecule has 4 fully saturated rings. The van der Waals surface area contributed by atoms with E-state index >= 15 is 0 Å². The summed E-state index contributed by atoms with van der Waals surface area (Å²) >= 11 is 0. The van der Waals surface area contributed by atoms with Crippen LogP contribution in [0.25, 0.3) is 0 Å². The second-order valence-corrected chi connectivity index (χ2v) is 8.00. The molecule has 4 aliphatic rings. The van der Waals surface area contributed by atoms with Crippen molar-refractivity contribution in [3.05, 3.63) is 30.3 Å². The fraction of sp³-hybridized carbons (Fsp3) is 0.684. The van der Waals surface area contributed by atoms with E-state index < -0.39 is 0 Å². The van der Waals surface area contributed by atoms with E-state index in [2.05, 4.69) is 42.6 Å². The molecule has 0 aliphatic heterocycles. The van der Waals surface area contributed by atoms with E-state index in [0.29, 0.717) is 5.92 Å². The first kappa shape index (κ1) is 13.6. The minimum absolute atomic E-state index is 0.292. The first-order valence-corrected chi connectivity index (χ1v) is 8.64. The molecule has 4 aliphatic carbocycles. The second kappa shape index (κ2) is 5.01. The molecule has 0 amide bonds. The van der Waals surface area contributed by atoms with Gasteiger partial charge in [-0.15, -0.1) is 0 Å². The fourth-order valence-electron chi connectivity index (χ4n) is 5.92. The summed E-state index contributed by atoms with van der Waals surface area (Å²) in [5, 5.41) is 14.3. The highest BCUT2D eigenvalue weighted by molar-refractivity contribution is 5.42. The van der Waals surface area contributed by atoms with Crippen molar-refractivity contribution in [1.29, 1.82) is 0 Å². The van der Waals surface area contributed by atoms with Gasteiger partial charge in [-0.05, 0) is 73.8 Å². The summed E-state index contributed by atoms with van der Waals surface area (Å²) < 4.78 is 0. The first-order chi connectivity index (χ1) is 10.1. The first-order valence-electron chi connectivity index (χ1n) is 8.64. The summed E-state index contributed by atoms with van der Waals surface area (Å²) in [4.78, 5) is 0. The normalized spacial score (nSPS) is 42.0. The van der Waals surface area contributed by atoms with Crippen molar-refractivity contribution in [2.75, 3.05) is 11.9 Å². The quantitative estimate of drug-likeness (QED) is 0.878. The van der Waals surface area contributed by atoms with Gasteiger partial charge in [0.2, 0.25) is 0 Å². The lowest BCUT2D eigenvalue weighted by Crippen LogP contribution is -2.56. The van der Waals surface area contributed by atoms with Crippen molar-refractivity contribution >= 4 is 5.69 Å². The van der Waals surface area contributed by atoms with Crippen LogP contribution < -0.4 is 5.32 Å². The van der Waals surface area contributed by atoms with Crippen molar-refractivity contribution in [2.45, 2.75) is 44.6 Å². The fourth-order valence-corrected chi connectivity index (χ4v) is 5.92. The molecule has 0 saturated heterocycles. The van der Waals surface area contributed by atoms with Crippen LogP contribution in [0.2, 0.25) is 0 Å². The van der Waals surface area contributed by atoms with Crippen LogP contribution in [0.5, 0.6) is 0 Å². The smallest absolute Gasteiger partial charge is 0.0656 e. The molecular weight excluding hydrogens is 258 g/mol. The SMILES string of the molecule is CC(CNc1ccccc1)C1C2CC3CC1CC(O)(C3)C2. The van der Waals surface area contributed by atoms with Crippen molar-refractivity contribution in [3.8, 4) is 0 Å². The highest BCUT2D eigenvalue weighted by atomic mass is 16.3. The highest BCUT2D eigenvalue weighted by Crippen LogP contribution is 2.59. The van der Waals surface area contributed by atoms with E-state index in [1.54, 1.807) is 0 Å². The van der Waals surface area contributed by atoms with Gasteiger partial charge in [0.25, 0.3) is 0 Å². The largest absolute Gasteiger partial charge is 0.390 e. The third-order valence-electron chi connectivity index (χ3n) is 6.37. The lowest BCUT2D eigenvalue weighted by Gasteiger charge is -2.59. The lowest BCUT2D eigenvalue weighted by atomic mass is 9.48. The number of para-hydroxylation sites is 1. The maximum atomic E-state index is 10.7. The van der Waals surface area contributed by atoms with Crippen LogP contribution in [0.1, 0.15) is 39.0 Å². The van der Waals surface area contributed by atoms with Crippen molar-refractivity contribution in [2.24, 2.45) is 29.6 Å². The molecule has 0 spiro atoms. The van der Waals surface area contributed by atoms with Gasteiger partial charge in [-0.25, -0.2) is 0 Å². The summed E-state index contributed by atoms with van der Waals surface area (Å²) in [6.07, 6.45) is 5.97. The molecule has 3 atom stereocenters. The third kappa shape index (κ3) is 2.48. The maximum absolute atomic E-state index is 10.7. The molecule has 0 aromatic heterocycles. The second-order valence-electron chi connectivity index (χ2n) is 8.00. The van der Waals surface area contributed by atoms with E-state index in [-0.39, 0.29) is 5.60 Å². The summed E-state index contributed by atoms with van der Waals surface area (Å²) in [6.45, 7) is 3.47. The minimum Gasteiger partial charge on any atom is -0.390 e. The molecule has 1 aromatic carbocycles. The van der Waals surface area contributed by atoms with Crippen molar-refractivity contribution in [3.63, 3.8) is 0 Å². The molecule has 2 N–H and O–H groups in total. The topological polar surface area (TPSA) is 32.3 Å². The monoisotopic (exact) mass is 285 g/mol. The molecule has 1 aromatic rings. The predicted molar refractivity (Wildman–Crippen MR) is 86.1 cm³/mol. The number of nitrogens with one attached hydrogen (secondary N) is 1. The molecule has 21 heavy (non-hydrogen) atoms. The Hall–Kier alpha value is -1.02. The van der Waals surface area contributed by atoms with Gasteiger partial charge in [-0.2, -0.15) is 0 Å². The number of anilines is 1. The van der Waals surface area contributed by atoms with Crippen LogP contribution in [-0.2, 0) is 0 Å². The summed E-state index contributed by atoms with van der Waals surface area (Å²) in [5.74, 6) is 3.88. The van der Waals surface area contributed by atoms with E-state index in [0.717, 1.165) is 49.5 Å². The number of aliphatic hydroxyl groups is 1. The Morgan fingerprint density at radius 2 is 1.81 bits per heavy atom. The van der Waals surface area contributed by atoms with Gasteiger partial charge in [0.15, 0.2) is 0 Å². The Morgan fingerprint density at radius 1 is 1.14 bits per heavy atom. The molecule has 4 bridgehead atoms. The number of rotatable bonds is 4. The Bertz CT molecular complexity index is 484. The highest BCUT2D eigenvalue weighted by Gasteiger charge is 2.55. The van der Waals surface area contributed by atoms with Gasteiger partial charge >= 0.3 is 0 Å². The van der Waals surface area contributed by atoms with E-state index in [1.165, 1.54) is 18.5 Å². The Morgan fingerprint density at radius 3 is 2.43 bits per heavy atom. The molecule has 2 nitrogen and oxygen atoms in total. The standard InChI is InChI=1S/C19H27NO/c1-13(12-20-17-5-3-2-4-6-17)18-15-7-14-8-16(18)11-19(21,9-14)10-15/h2-6,13-16,18,20-21H,7-12H2,1H3. The Kier molecular flexibility index (Phi) is 3.25. The summed E-state index contributed by atoms with van der Waals surface area (Å²) in [5.41, 5.74) is 0.936. The summed E-state index contributed by atoms with van der Waals surface area (Å²) in [7, 11) is 0. The van der Waals surface area contributed by atoms with Crippen LogP contribution in [0.3, 0.4) is 0 Å². The molecule has 0 radical (unpaired) electrons. The molecule has 0 heterocycles.